The molecule has 0 aliphatic rings. The maximum atomic E-state index is 5.53. The Labute approximate surface area is 437 Å². The molecule has 0 atom stereocenters. The first-order valence-corrected chi connectivity index (χ1v) is 29.9. The van der Waals surface area contributed by atoms with Gasteiger partial charge in [0.25, 0.3) is 0 Å². The molecule has 0 saturated carbocycles. The van der Waals surface area contributed by atoms with Crippen LogP contribution in [0.1, 0.15) is 230 Å². The quantitative estimate of drug-likeness (QED) is 0.0368. The molecule has 0 radical (unpaired) electrons. The van der Waals surface area contributed by atoms with E-state index in [1.807, 2.05) is 0 Å². The number of hydrogen-bond acceptors (Lipinski definition) is 3. The first kappa shape index (κ1) is 55.0. The highest BCUT2D eigenvalue weighted by Crippen LogP contribution is 2.37. The van der Waals surface area contributed by atoms with Crippen LogP contribution in [-0.2, 0) is 19.6 Å². The third-order valence-corrected chi connectivity index (χ3v) is 15.6. The van der Waals surface area contributed by atoms with Gasteiger partial charge in [0.15, 0.2) is 0 Å². The van der Waals surface area contributed by atoms with Crippen molar-refractivity contribution in [2.45, 2.75) is 254 Å². The van der Waals surface area contributed by atoms with E-state index in [9.17, 15) is 0 Å². The average molecular weight is 974 g/mol. The maximum Gasteiger partial charge on any atom is 0.141 e. The summed E-state index contributed by atoms with van der Waals surface area (Å²) in [6.45, 7) is 16.5. The molecular weight excluding hydrogens is 877 g/mol. The smallest absolute Gasteiger partial charge is 0.141 e. The minimum absolute atomic E-state index is 0.957. The van der Waals surface area contributed by atoms with Gasteiger partial charge in [0, 0.05) is 36.3 Å². The molecular formula is C66H96N6. The highest BCUT2D eigenvalue weighted by atomic mass is 15.1. The van der Waals surface area contributed by atoms with Crippen molar-refractivity contribution in [3.05, 3.63) is 89.5 Å². The Hall–Kier alpha value is -4.71. The molecule has 0 bridgehead atoms. The molecule has 3 heterocycles. The van der Waals surface area contributed by atoms with E-state index >= 15 is 0 Å². The molecule has 7 rings (SSSR count). The minimum atomic E-state index is 0.957. The molecule has 0 fully saturated rings. The second-order valence-electron chi connectivity index (χ2n) is 22.1. The van der Waals surface area contributed by atoms with Gasteiger partial charge in [-0.2, -0.15) is 0 Å². The van der Waals surface area contributed by atoms with Crippen LogP contribution in [0, 0.1) is 20.8 Å². The van der Waals surface area contributed by atoms with Crippen LogP contribution in [0.15, 0.2) is 72.8 Å². The van der Waals surface area contributed by atoms with E-state index in [0.29, 0.717) is 0 Å². The van der Waals surface area contributed by atoms with Gasteiger partial charge in [-0.15, -0.1) is 0 Å². The number of benzene rings is 4. The number of aromatic nitrogens is 6. The summed E-state index contributed by atoms with van der Waals surface area (Å²) >= 11 is 0. The molecule has 0 unspecified atom stereocenters. The van der Waals surface area contributed by atoms with Gasteiger partial charge in [-0.05, 0) is 111 Å². The zero-order valence-electron chi connectivity index (χ0n) is 46.4. The highest BCUT2D eigenvalue weighted by molar-refractivity contribution is 5.88. The van der Waals surface area contributed by atoms with E-state index in [2.05, 4.69) is 128 Å². The molecule has 0 aliphatic carbocycles. The molecule has 6 heteroatoms. The van der Waals surface area contributed by atoms with Crippen LogP contribution >= 0.6 is 0 Å². The number of aryl methyl sites for hydroxylation is 6. The van der Waals surface area contributed by atoms with Gasteiger partial charge in [-0.3, -0.25) is 0 Å². The van der Waals surface area contributed by atoms with Crippen molar-refractivity contribution < 1.29 is 0 Å². The van der Waals surface area contributed by atoms with Crippen LogP contribution in [0.5, 0.6) is 0 Å². The summed E-state index contributed by atoms with van der Waals surface area (Å²) in [5, 5.41) is 0. The summed E-state index contributed by atoms with van der Waals surface area (Å²) in [7, 11) is 0. The summed E-state index contributed by atoms with van der Waals surface area (Å²) in [5.74, 6) is 3.16. The second-order valence-corrected chi connectivity index (χ2v) is 22.1. The second kappa shape index (κ2) is 29.9. The molecule has 0 spiro atoms. The Balaban J connectivity index is 1.24. The highest BCUT2D eigenvalue weighted by Gasteiger charge is 2.22. The Morgan fingerprint density at radius 2 is 0.500 bits per heavy atom. The number of fused-ring (bicyclic) bond motifs is 3. The van der Waals surface area contributed by atoms with Gasteiger partial charge in [0.1, 0.15) is 17.5 Å². The van der Waals surface area contributed by atoms with E-state index < -0.39 is 0 Å². The summed E-state index contributed by atoms with van der Waals surface area (Å²) in [5.41, 5.74) is 14.2. The first-order chi connectivity index (χ1) is 35.4. The van der Waals surface area contributed by atoms with Crippen molar-refractivity contribution in [1.29, 1.82) is 0 Å². The molecule has 7 aromatic rings. The predicted molar refractivity (Wildman–Crippen MR) is 312 cm³/mol. The van der Waals surface area contributed by atoms with Crippen LogP contribution in [0.25, 0.3) is 67.3 Å². The average Bonchev–Trinajstić information content (AvgIpc) is 4.06. The van der Waals surface area contributed by atoms with Crippen molar-refractivity contribution in [3.8, 4) is 34.2 Å². The molecule has 0 aliphatic heterocycles. The summed E-state index contributed by atoms with van der Waals surface area (Å²) in [4.78, 5) is 16.6. The zero-order chi connectivity index (χ0) is 50.3. The van der Waals surface area contributed by atoms with Crippen molar-refractivity contribution in [2.24, 2.45) is 0 Å². The Morgan fingerprint density at radius 1 is 0.278 bits per heavy atom. The molecule has 6 nitrogen and oxygen atoms in total. The lowest BCUT2D eigenvalue weighted by atomic mass is 10.0. The fourth-order valence-electron chi connectivity index (χ4n) is 11.3. The molecule has 390 valence electrons. The molecule has 4 aromatic carbocycles. The zero-order valence-corrected chi connectivity index (χ0v) is 46.4. The lowest BCUT2D eigenvalue weighted by molar-refractivity contribution is 0.538. The topological polar surface area (TPSA) is 53.5 Å². The Morgan fingerprint density at radius 3 is 0.736 bits per heavy atom. The summed E-state index contributed by atoms with van der Waals surface area (Å²) in [6.07, 6.45) is 39.8. The van der Waals surface area contributed by atoms with E-state index in [1.54, 1.807) is 0 Å². The van der Waals surface area contributed by atoms with E-state index in [4.69, 9.17) is 15.0 Å². The normalized spacial score (nSPS) is 11.9. The third kappa shape index (κ3) is 15.9. The van der Waals surface area contributed by atoms with E-state index in [0.717, 1.165) is 89.6 Å². The molecule has 72 heavy (non-hydrogen) atoms. The van der Waals surface area contributed by atoms with Gasteiger partial charge in [0.05, 0.1) is 33.1 Å². The fourth-order valence-corrected chi connectivity index (χ4v) is 11.3. The lowest BCUT2D eigenvalue weighted by Crippen LogP contribution is -2.05. The summed E-state index contributed by atoms with van der Waals surface area (Å²) in [6, 6.07) is 27.7. The fraction of sp³-hybridized carbons (Fsp3) is 0.591. The SMILES string of the molecule is CCCCCCCCCCCCn1c(-c2cc(-c3nc4ccc(C)cc4n3CCCCCCCCCCCC)cc(-c3nc4ccc(C)cc4n3CCCCCCCCCCCC)c2)nc2ccc(C)cc21. The molecule has 0 amide bonds. The number of imidazole rings is 3. The molecule has 3 aromatic heterocycles. The van der Waals surface area contributed by atoms with Crippen molar-refractivity contribution in [3.63, 3.8) is 0 Å². The summed E-state index contributed by atoms with van der Waals surface area (Å²) < 4.78 is 7.63. The van der Waals surface area contributed by atoms with Crippen LogP contribution in [0.3, 0.4) is 0 Å². The first-order valence-electron chi connectivity index (χ1n) is 29.9. The largest absolute Gasteiger partial charge is 0.324 e. The van der Waals surface area contributed by atoms with Gasteiger partial charge in [0.2, 0.25) is 0 Å². The van der Waals surface area contributed by atoms with Crippen LogP contribution < -0.4 is 0 Å². The van der Waals surface area contributed by atoms with Crippen molar-refractivity contribution in [2.75, 3.05) is 0 Å². The van der Waals surface area contributed by atoms with Crippen molar-refractivity contribution in [1.82, 2.24) is 28.7 Å². The monoisotopic (exact) mass is 973 g/mol. The Bertz CT molecular complexity index is 2370. The van der Waals surface area contributed by atoms with Crippen molar-refractivity contribution >= 4 is 33.1 Å². The number of nitrogens with zero attached hydrogens (tertiary/aromatic N) is 6. The van der Waals surface area contributed by atoms with Gasteiger partial charge < -0.3 is 13.7 Å². The molecule has 0 saturated heterocycles. The van der Waals surface area contributed by atoms with E-state index in [-0.39, 0.29) is 0 Å². The number of unbranched alkanes of at least 4 members (excludes halogenated alkanes) is 27. The number of rotatable bonds is 36. The van der Waals surface area contributed by atoms with E-state index in [1.165, 1.54) is 207 Å². The standard InChI is InChI=1S/C66H96N6/c1-7-10-13-16-19-22-25-28-31-34-43-70-61-46-52(4)37-40-58(61)67-64(70)55-49-56(65-68-59-41-38-53(5)47-62(59)71(65)44-35-32-29-26-23-20-17-14-11-8-2)51-57(50-55)66-69-60-42-39-54(6)48-63(60)72(66)45-36-33-30-27-24-21-18-15-12-9-3/h37-42,46-51H,7-36,43-45H2,1-6H3. The third-order valence-electron chi connectivity index (χ3n) is 15.6. The van der Waals surface area contributed by atoms with Gasteiger partial charge in [-0.25, -0.2) is 15.0 Å². The predicted octanol–water partition coefficient (Wildman–Crippen LogP) is 20.4. The lowest BCUT2D eigenvalue weighted by Gasteiger charge is -2.15. The maximum absolute atomic E-state index is 5.53. The number of hydrogen-bond donors (Lipinski definition) is 0. The van der Waals surface area contributed by atoms with Gasteiger partial charge >= 0.3 is 0 Å². The van der Waals surface area contributed by atoms with Crippen LogP contribution in [0.2, 0.25) is 0 Å². The van der Waals surface area contributed by atoms with Gasteiger partial charge in [-0.1, -0.05) is 212 Å². The van der Waals surface area contributed by atoms with Crippen LogP contribution in [-0.4, -0.2) is 28.7 Å². The minimum Gasteiger partial charge on any atom is -0.324 e. The molecule has 0 N–H and O–H groups in total. The Kier molecular flexibility index (Phi) is 22.8. The van der Waals surface area contributed by atoms with Crippen LogP contribution in [0.4, 0.5) is 0 Å².